The predicted molar refractivity (Wildman–Crippen MR) is 167 cm³/mol. The molecule has 0 nitrogen and oxygen atoms in total. The highest BCUT2D eigenvalue weighted by Gasteiger charge is 2.37. The van der Waals surface area contributed by atoms with E-state index < -0.39 is 8.07 Å². The van der Waals surface area contributed by atoms with Gasteiger partial charge in [0.05, 0.1) is 0 Å². The maximum Gasteiger partial charge on any atom is 0.113 e. The first-order chi connectivity index (χ1) is 18.4. The van der Waals surface area contributed by atoms with Gasteiger partial charge in [-0.15, -0.1) is 0 Å². The molecule has 1 aliphatic carbocycles. The van der Waals surface area contributed by atoms with Crippen molar-refractivity contribution in [1.29, 1.82) is 0 Å². The van der Waals surface area contributed by atoms with Gasteiger partial charge < -0.3 is 0 Å². The number of rotatable bonds is 1. The summed E-state index contributed by atoms with van der Waals surface area (Å²) < 4.78 is 0. The number of benzene rings is 6. The molecule has 0 spiro atoms. The minimum Gasteiger partial charge on any atom is -0.0619 e. The van der Waals surface area contributed by atoms with Crippen molar-refractivity contribution in [3.63, 3.8) is 0 Å². The van der Waals surface area contributed by atoms with Crippen molar-refractivity contribution in [2.45, 2.75) is 32.4 Å². The molecule has 0 radical (unpaired) electrons. The predicted octanol–water partition coefficient (Wildman–Crippen LogP) is 8.77. The van der Waals surface area contributed by atoms with Gasteiger partial charge in [-0.1, -0.05) is 124 Å². The standard InChI is InChI=1S/C37H30Si/c1-37(2)31-19-16-23-9-5-6-12-27(23)36(31)29-18-15-26(22-32(29)37)25-17-20-33-30(21-25)28-13-7-10-24-11-8-14-34(35(24)28)38(33,3)4/h5-22H,1-4H3. The molecule has 182 valence electrons. The molecule has 0 aromatic heterocycles. The van der Waals surface area contributed by atoms with Crippen molar-refractivity contribution >= 4 is 40.0 Å². The minimum absolute atomic E-state index is 0.0294. The number of hydrogen-bond donors (Lipinski definition) is 0. The highest BCUT2D eigenvalue weighted by molar-refractivity contribution is 7.03. The van der Waals surface area contributed by atoms with Gasteiger partial charge in [0.25, 0.3) is 0 Å². The molecule has 1 heteroatoms. The Bertz CT molecular complexity index is 1970. The highest BCUT2D eigenvalue weighted by Crippen LogP contribution is 2.52. The molecule has 0 fully saturated rings. The van der Waals surface area contributed by atoms with E-state index in [-0.39, 0.29) is 5.41 Å². The second-order valence-electron chi connectivity index (χ2n) is 12.2. The van der Waals surface area contributed by atoms with Crippen LogP contribution < -0.4 is 10.4 Å². The second-order valence-corrected chi connectivity index (χ2v) is 16.5. The van der Waals surface area contributed by atoms with Gasteiger partial charge in [0, 0.05) is 5.41 Å². The van der Waals surface area contributed by atoms with Crippen LogP contribution in [0.2, 0.25) is 13.1 Å². The maximum absolute atomic E-state index is 2.51. The molecule has 0 N–H and O–H groups in total. The summed E-state index contributed by atoms with van der Waals surface area (Å²) in [5.74, 6) is 0. The van der Waals surface area contributed by atoms with Crippen LogP contribution >= 0.6 is 0 Å². The molecule has 0 saturated heterocycles. The summed E-state index contributed by atoms with van der Waals surface area (Å²) in [6, 6.07) is 41.6. The van der Waals surface area contributed by atoms with Gasteiger partial charge in [-0.05, 0) is 88.6 Å². The quantitative estimate of drug-likeness (QED) is 0.197. The molecule has 2 aliphatic rings. The van der Waals surface area contributed by atoms with Crippen LogP contribution in [0.1, 0.15) is 25.0 Å². The zero-order valence-electron chi connectivity index (χ0n) is 22.4. The highest BCUT2D eigenvalue weighted by atomic mass is 28.3. The van der Waals surface area contributed by atoms with E-state index in [4.69, 9.17) is 0 Å². The van der Waals surface area contributed by atoms with E-state index in [1.165, 1.54) is 66.1 Å². The molecule has 0 atom stereocenters. The van der Waals surface area contributed by atoms with Crippen LogP contribution in [0.15, 0.2) is 109 Å². The molecule has 0 amide bonds. The van der Waals surface area contributed by atoms with Crippen LogP contribution in [0.5, 0.6) is 0 Å². The van der Waals surface area contributed by atoms with Crippen LogP contribution in [0, 0.1) is 0 Å². The van der Waals surface area contributed by atoms with Crippen molar-refractivity contribution in [3.05, 3.63) is 120 Å². The number of hydrogen-bond acceptors (Lipinski definition) is 0. The molecule has 1 aliphatic heterocycles. The van der Waals surface area contributed by atoms with Crippen LogP contribution in [-0.2, 0) is 5.41 Å². The average molecular weight is 503 g/mol. The Labute approximate surface area is 225 Å². The van der Waals surface area contributed by atoms with Crippen LogP contribution in [0.4, 0.5) is 0 Å². The van der Waals surface area contributed by atoms with Gasteiger partial charge in [-0.25, -0.2) is 0 Å². The van der Waals surface area contributed by atoms with Crippen molar-refractivity contribution in [2.75, 3.05) is 0 Å². The van der Waals surface area contributed by atoms with Crippen molar-refractivity contribution in [2.24, 2.45) is 0 Å². The minimum atomic E-state index is -1.79. The third-order valence-corrected chi connectivity index (χ3v) is 13.0. The van der Waals surface area contributed by atoms with E-state index in [2.05, 4.69) is 136 Å². The summed E-state index contributed by atoms with van der Waals surface area (Å²) in [6.45, 7) is 9.79. The largest absolute Gasteiger partial charge is 0.113 e. The van der Waals surface area contributed by atoms with E-state index in [9.17, 15) is 0 Å². The van der Waals surface area contributed by atoms with E-state index >= 15 is 0 Å². The molecular weight excluding hydrogens is 472 g/mol. The normalized spacial score (nSPS) is 15.8. The zero-order chi connectivity index (χ0) is 25.8. The van der Waals surface area contributed by atoms with Crippen molar-refractivity contribution in [1.82, 2.24) is 0 Å². The number of fused-ring (bicyclic) bond motifs is 7. The summed E-state index contributed by atoms with van der Waals surface area (Å²) in [7, 11) is -1.79. The van der Waals surface area contributed by atoms with Gasteiger partial charge in [-0.3, -0.25) is 0 Å². The van der Waals surface area contributed by atoms with Gasteiger partial charge in [0.2, 0.25) is 0 Å². The Hall–Kier alpha value is -3.94. The first kappa shape index (κ1) is 22.1. The smallest absolute Gasteiger partial charge is 0.0619 e. The summed E-state index contributed by atoms with van der Waals surface area (Å²) in [5.41, 5.74) is 11.1. The Morgan fingerprint density at radius 2 is 1.26 bits per heavy atom. The molecule has 1 heterocycles. The summed E-state index contributed by atoms with van der Waals surface area (Å²) >= 11 is 0. The Morgan fingerprint density at radius 1 is 0.526 bits per heavy atom. The van der Waals surface area contributed by atoms with E-state index in [1.54, 1.807) is 10.4 Å². The van der Waals surface area contributed by atoms with E-state index in [0.717, 1.165) is 0 Å². The van der Waals surface area contributed by atoms with Gasteiger partial charge >= 0.3 is 0 Å². The SMILES string of the molecule is CC1(C)c2cc(-c3ccc4c(c3)-c3cccc5cccc(c35)[Si]4(C)C)ccc2-c2c1ccc1ccccc21. The molecular formula is C37H30Si. The lowest BCUT2D eigenvalue weighted by molar-refractivity contribution is 0.661. The van der Waals surface area contributed by atoms with Crippen LogP contribution in [-0.4, -0.2) is 8.07 Å². The summed E-state index contributed by atoms with van der Waals surface area (Å²) in [4.78, 5) is 0. The second kappa shape index (κ2) is 7.33. The first-order valence-corrected chi connectivity index (χ1v) is 16.7. The molecule has 0 bridgehead atoms. The third-order valence-electron chi connectivity index (χ3n) is 9.46. The fourth-order valence-corrected chi connectivity index (χ4v) is 10.5. The van der Waals surface area contributed by atoms with E-state index in [1.807, 2.05) is 0 Å². The van der Waals surface area contributed by atoms with Crippen LogP contribution in [0.25, 0.3) is 54.9 Å². The van der Waals surface area contributed by atoms with E-state index in [0.29, 0.717) is 0 Å². The lowest BCUT2D eigenvalue weighted by atomic mass is 9.81. The monoisotopic (exact) mass is 502 g/mol. The maximum atomic E-state index is 2.51. The molecule has 6 aromatic rings. The first-order valence-electron chi connectivity index (χ1n) is 13.7. The lowest BCUT2D eigenvalue weighted by Gasteiger charge is -2.33. The fraction of sp³-hybridized carbons (Fsp3) is 0.135. The summed E-state index contributed by atoms with van der Waals surface area (Å²) in [5, 5.41) is 8.62. The topological polar surface area (TPSA) is 0 Å². The molecule has 0 unspecified atom stereocenters. The fourth-order valence-electron chi connectivity index (χ4n) is 7.41. The summed E-state index contributed by atoms with van der Waals surface area (Å²) in [6.07, 6.45) is 0. The van der Waals surface area contributed by atoms with Crippen molar-refractivity contribution < 1.29 is 0 Å². The third kappa shape index (κ3) is 2.75. The van der Waals surface area contributed by atoms with Crippen molar-refractivity contribution in [3.8, 4) is 33.4 Å². The molecule has 38 heavy (non-hydrogen) atoms. The Kier molecular flexibility index (Phi) is 4.26. The van der Waals surface area contributed by atoms with Gasteiger partial charge in [0.15, 0.2) is 0 Å². The van der Waals surface area contributed by atoms with Gasteiger partial charge in [0.1, 0.15) is 8.07 Å². The van der Waals surface area contributed by atoms with Gasteiger partial charge in [-0.2, -0.15) is 0 Å². The lowest BCUT2D eigenvalue weighted by Crippen LogP contribution is -2.55. The Morgan fingerprint density at radius 3 is 2.13 bits per heavy atom. The molecule has 8 rings (SSSR count). The average Bonchev–Trinajstić information content (AvgIpc) is 3.17. The zero-order valence-corrected chi connectivity index (χ0v) is 23.4. The molecule has 0 saturated carbocycles. The molecule has 6 aromatic carbocycles. The Balaban J connectivity index is 1.33. The van der Waals surface area contributed by atoms with Crippen LogP contribution in [0.3, 0.4) is 0 Å².